The molecule has 4 rings (SSSR count). The SMILES string of the molecule is O=C(Nc1cccnc1)[C@@H]1C[C@H]2OCC[C@H]2N(Cc2nccs2)C1. The van der Waals surface area contributed by atoms with Crippen LogP contribution in [-0.2, 0) is 16.1 Å². The second kappa shape index (κ2) is 6.96. The number of piperidine rings is 1. The summed E-state index contributed by atoms with van der Waals surface area (Å²) in [6.07, 6.45) is 7.16. The highest BCUT2D eigenvalue weighted by molar-refractivity contribution is 7.09. The molecule has 1 amide bonds. The first kappa shape index (κ1) is 15.7. The molecule has 0 radical (unpaired) electrons. The monoisotopic (exact) mass is 344 g/mol. The third-order valence-electron chi connectivity index (χ3n) is 4.74. The van der Waals surface area contributed by atoms with E-state index in [4.69, 9.17) is 4.74 Å². The molecule has 24 heavy (non-hydrogen) atoms. The minimum atomic E-state index is -0.0791. The van der Waals surface area contributed by atoms with Gasteiger partial charge in [-0.2, -0.15) is 0 Å². The van der Waals surface area contributed by atoms with Crippen molar-refractivity contribution in [1.29, 1.82) is 0 Å². The van der Waals surface area contributed by atoms with Gasteiger partial charge in [0, 0.05) is 37.0 Å². The summed E-state index contributed by atoms with van der Waals surface area (Å²) in [5.74, 6) is -0.0365. The van der Waals surface area contributed by atoms with Gasteiger partial charge in [0.2, 0.25) is 5.91 Å². The number of hydrogen-bond acceptors (Lipinski definition) is 6. The van der Waals surface area contributed by atoms with Gasteiger partial charge in [0.1, 0.15) is 5.01 Å². The van der Waals surface area contributed by atoms with Gasteiger partial charge in [-0.3, -0.25) is 14.7 Å². The molecule has 1 N–H and O–H groups in total. The van der Waals surface area contributed by atoms with Crippen molar-refractivity contribution >= 4 is 22.9 Å². The molecule has 0 aliphatic carbocycles. The summed E-state index contributed by atoms with van der Waals surface area (Å²) in [6.45, 7) is 2.32. The molecule has 126 valence electrons. The maximum absolute atomic E-state index is 12.7. The predicted octanol–water partition coefficient (Wildman–Crippen LogP) is 2.16. The number of hydrogen-bond donors (Lipinski definition) is 1. The summed E-state index contributed by atoms with van der Waals surface area (Å²) in [5.41, 5.74) is 0.739. The van der Waals surface area contributed by atoms with E-state index in [-0.39, 0.29) is 17.9 Å². The maximum atomic E-state index is 12.7. The van der Waals surface area contributed by atoms with Crippen molar-refractivity contribution in [2.45, 2.75) is 31.5 Å². The van der Waals surface area contributed by atoms with Gasteiger partial charge in [0.15, 0.2) is 0 Å². The van der Waals surface area contributed by atoms with E-state index in [1.807, 2.05) is 23.7 Å². The van der Waals surface area contributed by atoms with Crippen molar-refractivity contribution in [2.75, 3.05) is 18.5 Å². The smallest absolute Gasteiger partial charge is 0.228 e. The molecule has 2 aromatic heterocycles. The first-order valence-electron chi connectivity index (χ1n) is 8.24. The fourth-order valence-electron chi connectivity index (χ4n) is 3.61. The van der Waals surface area contributed by atoms with Crippen LogP contribution in [0.2, 0.25) is 0 Å². The highest BCUT2D eigenvalue weighted by Crippen LogP contribution is 2.33. The minimum absolute atomic E-state index is 0.0427. The number of fused-ring (bicyclic) bond motifs is 1. The number of amides is 1. The van der Waals surface area contributed by atoms with Crippen LogP contribution < -0.4 is 5.32 Å². The zero-order valence-corrected chi connectivity index (χ0v) is 14.1. The molecule has 0 spiro atoms. The van der Waals surface area contributed by atoms with E-state index in [1.165, 1.54) is 0 Å². The van der Waals surface area contributed by atoms with E-state index in [0.717, 1.165) is 43.2 Å². The average Bonchev–Trinajstić information content (AvgIpc) is 3.27. The number of rotatable bonds is 4. The number of anilines is 1. The minimum Gasteiger partial charge on any atom is -0.377 e. The number of pyridine rings is 1. The van der Waals surface area contributed by atoms with Gasteiger partial charge < -0.3 is 10.1 Å². The molecule has 3 atom stereocenters. The van der Waals surface area contributed by atoms with Crippen LogP contribution in [0, 0.1) is 5.92 Å². The van der Waals surface area contributed by atoms with Crippen molar-refractivity contribution < 1.29 is 9.53 Å². The number of carbonyl (C=O) groups excluding carboxylic acids is 1. The molecule has 2 aromatic rings. The second-order valence-electron chi connectivity index (χ2n) is 6.28. The molecule has 2 aliphatic heterocycles. The maximum Gasteiger partial charge on any atom is 0.228 e. The molecule has 0 saturated carbocycles. The third-order valence-corrected chi connectivity index (χ3v) is 5.50. The Morgan fingerprint density at radius 1 is 1.46 bits per heavy atom. The number of nitrogens with zero attached hydrogens (tertiary/aromatic N) is 3. The Balaban J connectivity index is 1.46. The zero-order valence-electron chi connectivity index (χ0n) is 13.3. The van der Waals surface area contributed by atoms with Crippen molar-refractivity contribution in [2.24, 2.45) is 5.92 Å². The summed E-state index contributed by atoms with van der Waals surface area (Å²) in [6, 6.07) is 4.08. The van der Waals surface area contributed by atoms with Crippen LogP contribution >= 0.6 is 11.3 Å². The lowest BCUT2D eigenvalue weighted by molar-refractivity contribution is -0.124. The quantitative estimate of drug-likeness (QED) is 0.920. The lowest BCUT2D eigenvalue weighted by Crippen LogP contribution is -2.51. The average molecular weight is 344 g/mol. The molecular formula is C17H20N4O2S. The molecule has 6 nitrogen and oxygen atoms in total. The summed E-state index contributed by atoms with van der Waals surface area (Å²) in [4.78, 5) is 23.5. The lowest BCUT2D eigenvalue weighted by atomic mass is 9.89. The largest absolute Gasteiger partial charge is 0.377 e. The first-order valence-corrected chi connectivity index (χ1v) is 9.12. The molecule has 2 saturated heterocycles. The number of carbonyl (C=O) groups is 1. The van der Waals surface area contributed by atoms with Crippen molar-refractivity contribution in [3.05, 3.63) is 41.1 Å². The van der Waals surface area contributed by atoms with Gasteiger partial charge >= 0.3 is 0 Å². The van der Waals surface area contributed by atoms with E-state index in [9.17, 15) is 4.79 Å². The molecule has 4 heterocycles. The van der Waals surface area contributed by atoms with Crippen LogP contribution in [-0.4, -0.2) is 46.1 Å². The molecule has 2 aliphatic rings. The van der Waals surface area contributed by atoms with Crippen LogP contribution in [0.25, 0.3) is 0 Å². The number of likely N-dealkylation sites (tertiary alicyclic amines) is 1. The van der Waals surface area contributed by atoms with Crippen LogP contribution in [0.1, 0.15) is 17.8 Å². The number of nitrogens with one attached hydrogen (secondary N) is 1. The topological polar surface area (TPSA) is 67.3 Å². The molecule has 7 heteroatoms. The molecule has 0 aromatic carbocycles. The molecular weight excluding hydrogens is 324 g/mol. The first-order chi connectivity index (χ1) is 11.8. The van der Waals surface area contributed by atoms with E-state index in [2.05, 4.69) is 20.2 Å². The van der Waals surface area contributed by atoms with Gasteiger partial charge in [-0.05, 0) is 25.0 Å². The standard InChI is InChI=1S/C17H20N4O2S/c22-17(20-13-2-1-4-18-9-13)12-8-15-14(3-6-23-15)21(10-12)11-16-19-5-7-24-16/h1-2,4-5,7,9,12,14-15H,3,6,8,10-11H2,(H,20,22)/t12-,14-,15-/m1/s1. The number of ether oxygens (including phenoxy) is 1. The van der Waals surface area contributed by atoms with Crippen molar-refractivity contribution in [3.8, 4) is 0 Å². The highest BCUT2D eigenvalue weighted by Gasteiger charge is 2.42. The van der Waals surface area contributed by atoms with Crippen LogP contribution in [0.5, 0.6) is 0 Å². The Morgan fingerprint density at radius 2 is 2.42 bits per heavy atom. The summed E-state index contributed by atoms with van der Waals surface area (Å²) in [7, 11) is 0. The molecule has 2 fully saturated rings. The van der Waals surface area contributed by atoms with E-state index < -0.39 is 0 Å². The van der Waals surface area contributed by atoms with Crippen molar-refractivity contribution in [1.82, 2.24) is 14.9 Å². The zero-order chi connectivity index (χ0) is 16.4. The van der Waals surface area contributed by atoms with Crippen molar-refractivity contribution in [3.63, 3.8) is 0 Å². The van der Waals surface area contributed by atoms with E-state index in [1.54, 1.807) is 23.7 Å². The Bertz CT molecular complexity index is 679. The molecule has 0 unspecified atom stereocenters. The number of aromatic nitrogens is 2. The lowest BCUT2D eigenvalue weighted by Gasteiger charge is -2.39. The fraction of sp³-hybridized carbons (Fsp3) is 0.471. The fourth-order valence-corrected chi connectivity index (χ4v) is 4.25. The van der Waals surface area contributed by atoms with Gasteiger partial charge in [-0.1, -0.05) is 0 Å². The summed E-state index contributed by atoms with van der Waals surface area (Å²) >= 11 is 1.66. The Labute approximate surface area is 144 Å². The van der Waals surface area contributed by atoms with E-state index in [0.29, 0.717) is 6.04 Å². The van der Waals surface area contributed by atoms with Crippen LogP contribution in [0.4, 0.5) is 5.69 Å². The van der Waals surface area contributed by atoms with Crippen LogP contribution in [0.3, 0.4) is 0 Å². The van der Waals surface area contributed by atoms with Gasteiger partial charge in [0.25, 0.3) is 0 Å². The van der Waals surface area contributed by atoms with E-state index >= 15 is 0 Å². The second-order valence-corrected chi connectivity index (χ2v) is 7.26. The summed E-state index contributed by atoms with van der Waals surface area (Å²) < 4.78 is 5.89. The van der Waals surface area contributed by atoms with Gasteiger partial charge in [-0.25, -0.2) is 4.98 Å². The highest BCUT2D eigenvalue weighted by atomic mass is 32.1. The Hall–Kier alpha value is -1.83. The Morgan fingerprint density at radius 3 is 3.21 bits per heavy atom. The van der Waals surface area contributed by atoms with Crippen LogP contribution in [0.15, 0.2) is 36.1 Å². The number of thiazole rings is 1. The third kappa shape index (κ3) is 3.33. The summed E-state index contributed by atoms with van der Waals surface area (Å²) in [5, 5.41) is 6.06. The molecule has 0 bridgehead atoms. The normalized spacial score (nSPS) is 26.9. The predicted molar refractivity (Wildman–Crippen MR) is 91.6 cm³/mol. The van der Waals surface area contributed by atoms with Gasteiger partial charge in [0.05, 0.1) is 30.5 Å². The van der Waals surface area contributed by atoms with Gasteiger partial charge in [-0.15, -0.1) is 11.3 Å². The Kier molecular flexibility index (Phi) is 4.55.